The normalized spacial score (nSPS) is 17.3. The van der Waals surface area contributed by atoms with E-state index in [1.807, 2.05) is 12.1 Å². The van der Waals surface area contributed by atoms with Crippen molar-refractivity contribution in [2.75, 3.05) is 26.2 Å². The molecule has 1 N–H and O–H groups in total. The van der Waals surface area contributed by atoms with E-state index in [1.54, 1.807) is 12.1 Å². The molecule has 1 fully saturated rings. The molecule has 1 unspecified atom stereocenters. The molecule has 0 saturated carbocycles. The Morgan fingerprint density at radius 1 is 1.30 bits per heavy atom. The number of carbonyl (C=O) groups excluding carboxylic acids is 1. The van der Waals surface area contributed by atoms with Crippen LogP contribution in [-0.4, -0.2) is 57.3 Å². The number of rotatable bonds is 6. The maximum absolute atomic E-state index is 11.5. The zero-order chi connectivity index (χ0) is 16.2. The minimum Gasteiger partial charge on any atom is -0.409 e. The number of likely N-dealkylation sites (tertiary alicyclic amines) is 1. The molecule has 0 aliphatic carbocycles. The van der Waals surface area contributed by atoms with E-state index in [1.165, 1.54) is 24.0 Å². The third-order valence-electron chi connectivity index (χ3n) is 4.01. The van der Waals surface area contributed by atoms with Crippen molar-refractivity contribution >= 4 is 27.9 Å². The van der Waals surface area contributed by atoms with Crippen LogP contribution in [-0.2, 0) is 0 Å². The Labute approximate surface area is 139 Å². The number of halogens is 1. The lowest BCUT2D eigenvalue weighted by molar-refractivity contribution is 0.00813. The third-order valence-corrected chi connectivity index (χ3v) is 4.18. The van der Waals surface area contributed by atoms with Crippen molar-refractivity contribution in [3.63, 3.8) is 0 Å². The minimum absolute atomic E-state index is 0.0260. The molecule has 23 heavy (non-hydrogen) atoms. The number of nitrogens with zero attached hydrogens (tertiary/aromatic N) is 3. The van der Waals surface area contributed by atoms with E-state index < -0.39 is 11.3 Å². The number of carbonyl (C=O) groups is 1. The van der Waals surface area contributed by atoms with Crippen molar-refractivity contribution in [3.05, 3.63) is 30.1 Å². The van der Waals surface area contributed by atoms with Crippen LogP contribution in [0.5, 0.6) is 0 Å². The summed E-state index contributed by atoms with van der Waals surface area (Å²) >= 11 is 5.58. The Bertz CT molecular complexity index is 682. The van der Waals surface area contributed by atoms with Gasteiger partial charge in [-0.15, -0.1) is 0 Å². The van der Waals surface area contributed by atoms with Crippen molar-refractivity contribution in [2.45, 2.75) is 25.4 Å². The minimum atomic E-state index is -0.688. The van der Waals surface area contributed by atoms with Gasteiger partial charge in [0.1, 0.15) is 18.2 Å². The van der Waals surface area contributed by atoms with Gasteiger partial charge in [0.15, 0.2) is 0 Å². The number of benzene rings is 1. The molecule has 3 rings (SSSR count). The van der Waals surface area contributed by atoms with Gasteiger partial charge in [-0.05, 0) is 49.7 Å². The van der Waals surface area contributed by atoms with Gasteiger partial charge in [0.05, 0.1) is 5.52 Å². The smallest absolute Gasteiger partial charge is 0.291 e. The van der Waals surface area contributed by atoms with Crippen molar-refractivity contribution < 1.29 is 14.7 Å². The van der Waals surface area contributed by atoms with Crippen LogP contribution in [0.2, 0.25) is 0 Å². The average Bonchev–Trinajstić information content (AvgIpc) is 2.93. The van der Waals surface area contributed by atoms with Crippen LogP contribution in [0.25, 0.3) is 11.0 Å². The fourth-order valence-corrected chi connectivity index (χ4v) is 3.03. The molecule has 1 saturated heterocycles. The molecule has 1 aromatic heterocycles. The van der Waals surface area contributed by atoms with Gasteiger partial charge in [-0.2, -0.15) is 4.73 Å². The number of piperidine rings is 1. The number of aliphatic hydroxyl groups is 1. The number of para-hydroxylation sites is 2. The van der Waals surface area contributed by atoms with Crippen LogP contribution in [0.4, 0.5) is 0 Å². The highest BCUT2D eigenvalue weighted by atomic mass is 35.5. The highest BCUT2D eigenvalue weighted by Crippen LogP contribution is 2.16. The first-order chi connectivity index (χ1) is 11.1. The summed E-state index contributed by atoms with van der Waals surface area (Å²) in [5.74, 6) is 0.0260. The second-order valence-electron chi connectivity index (χ2n) is 5.80. The van der Waals surface area contributed by atoms with E-state index in [2.05, 4.69) is 9.88 Å². The van der Waals surface area contributed by atoms with E-state index in [0.717, 1.165) is 13.1 Å². The number of imidazole rings is 1. The SMILES string of the molecule is O=C(Cl)c1nc2ccccc2n1OCC(O)CN1CCCCC1. The molecule has 0 bridgehead atoms. The topological polar surface area (TPSA) is 67.6 Å². The maximum Gasteiger partial charge on any atom is 0.291 e. The summed E-state index contributed by atoms with van der Waals surface area (Å²) in [6, 6.07) is 7.23. The molecule has 0 amide bonds. The van der Waals surface area contributed by atoms with Crippen molar-refractivity contribution in [3.8, 4) is 0 Å². The number of β-amino-alcohol motifs (C(OH)–C–C–N with tert-alkyl or cyclic N) is 1. The molecule has 124 valence electrons. The summed E-state index contributed by atoms with van der Waals surface area (Å²) in [7, 11) is 0. The van der Waals surface area contributed by atoms with Crippen LogP contribution in [0.1, 0.15) is 29.9 Å². The van der Waals surface area contributed by atoms with E-state index in [4.69, 9.17) is 16.4 Å². The standard InChI is InChI=1S/C16H20ClN3O3/c17-15(22)16-18-13-6-2-3-7-14(13)20(16)23-11-12(21)10-19-8-4-1-5-9-19/h2-3,6-7,12,21H,1,4-5,8-11H2. The molecule has 2 aromatic rings. The molecule has 6 nitrogen and oxygen atoms in total. The lowest BCUT2D eigenvalue weighted by Gasteiger charge is -2.28. The molecule has 0 radical (unpaired) electrons. The van der Waals surface area contributed by atoms with Gasteiger partial charge >= 0.3 is 0 Å². The maximum atomic E-state index is 11.5. The Kier molecular flexibility index (Phi) is 5.15. The van der Waals surface area contributed by atoms with Crippen LogP contribution >= 0.6 is 11.6 Å². The zero-order valence-electron chi connectivity index (χ0n) is 12.8. The Morgan fingerprint density at radius 3 is 2.78 bits per heavy atom. The summed E-state index contributed by atoms with van der Waals surface area (Å²) in [5, 5.41) is 9.50. The second kappa shape index (κ2) is 7.29. The molecular weight excluding hydrogens is 318 g/mol. The van der Waals surface area contributed by atoms with Gasteiger partial charge in [-0.1, -0.05) is 18.6 Å². The van der Waals surface area contributed by atoms with E-state index in [0.29, 0.717) is 17.6 Å². The summed E-state index contributed by atoms with van der Waals surface area (Å²) in [5.41, 5.74) is 1.28. The van der Waals surface area contributed by atoms with Crippen LogP contribution in [0.15, 0.2) is 24.3 Å². The highest BCUT2D eigenvalue weighted by molar-refractivity contribution is 6.67. The average molecular weight is 338 g/mol. The number of aliphatic hydroxyl groups excluding tert-OH is 1. The zero-order valence-corrected chi connectivity index (χ0v) is 13.6. The Hall–Kier alpha value is -1.63. The third kappa shape index (κ3) is 3.83. The van der Waals surface area contributed by atoms with Gasteiger partial charge in [-0.3, -0.25) is 4.79 Å². The number of fused-ring (bicyclic) bond motifs is 1. The molecule has 0 spiro atoms. The summed E-state index contributed by atoms with van der Waals surface area (Å²) in [6.07, 6.45) is 2.97. The van der Waals surface area contributed by atoms with Crippen LogP contribution < -0.4 is 4.84 Å². The molecular formula is C16H20ClN3O3. The quantitative estimate of drug-likeness (QED) is 0.812. The van der Waals surface area contributed by atoms with Gasteiger partial charge in [-0.25, -0.2) is 4.98 Å². The highest BCUT2D eigenvalue weighted by Gasteiger charge is 2.19. The van der Waals surface area contributed by atoms with E-state index in [9.17, 15) is 9.90 Å². The van der Waals surface area contributed by atoms with Gasteiger partial charge in [0, 0.05) is 6.54 Å². The molecule has 1 atom stereocenters. The van der Waals surface area contributed by atoms with Gasteiger partial charge in [0.2, 0.25) is 5.82 Å². The predicted molar refractivity (Wildman–Crippen MR) is 87.7 cm³/mol. The lowest BCUT2D eigenvalue weighted by Crippen LogP contribution is -2.39. The predicted octanol–water partition coefficient (Wildman–Crippen LogP) is 1.69. The first-order valence-electron chi connectivity index (χ1n) is 7.86. The Morgan fingerprint density at radius 2 is 2.04 bits per heavy atom. The summed E-state index contributed by atoms with van der Waals surface area (Å²) in [4.78, 5) is 23.6. The molecule has 2 heterocycles. The fraction of sp³-hybridized carbons (Fsp3) is 0.500. The first kappa shape index (κ1) is 16.2. The largest absolute Gasteiger partial charge is 0.409 e. The van der Waals surface area contributed by atoms with E-state index in [-0.39, 0.29) is 12.4 Å². The number of hydrogen-bond acceptors (Lipinski definition) is 5. The van der Waals surface area contributed by atoms with Gasteiger partial charge in [0.25, 0.3) is 5.24 Å². The van der Waals surface area contributed by atoms with Crippen LogP contribution in [0, 0.1) is 0 Å². The Balaban J connectivity index is 1.68. The fourth-order valence-electron chi connectivity index (χ4n) is 2.91. The molecule has 1 aliphatic rings. The summed E-state index contributed by atoms with van der Waals surface area (Å²) in [6.45, 7) is 2.66. The van der Waals surface area contributed by atoms with Crippen molar-refractivity contribution in [1.29, 1.82) is 0 Å². The van der Waals surface area contributed by atoms with Gasteiger partial charge < -0.3 is 14.8 Å². The molecule has 7 heteroatoms. The van der Waals surface area contributed by atoms with Crippen molar-refractivity contribution in [2.24, 2.45) is 0 Å². The monoisotopic (exact) mass is 337 g/mol. The number of aromatic nitrogens is 2. The number of hydrogen-bond donors (Lipinski definition) is 1. The molecule has 1 aliphatic heterocycles. The van der Waals surface area contributed by atoms with Crippen molar-refractivity contribution in [1.82, 2.24) is 14.6 Å². The molecule has 1 aromatic carbocycles. The summed E-state index contributed by atoms with van der Waals surface area (Å²) < 4.78 is 1.31. The first-order valence-corrected chi connectivity index (χ1v) is 8.24. The van der Waals surface area contributed by atoms with Crippen LogP contribution in [0.3, 0.4) is 0 Å². The van der Waals surface area contributed by atoms with E-state index >= 15 is 0 Å². The lowest BCUT2D eigenvalue weighted by atomic mass is 10.1. The second-order valence-corrected chi connectivity index (χ2v) is 6.15.